The van der Waals surface area contributed by atoms with Gasteiger partial charge in [0, 0.05) is 21.7 Å². The molecule has 20 heavy (non-hydrogen) atoms. The minimum Gasteiger partial charge on any atom is -0.379 e. The summed E-state index contributed by atoms with van der Waals surface area (Å²) in [5.41, 5.74) is 3.84. The van der Waals surface area contributed by atoms with Crippen LogP contribution in [0, 0.1) is 6.92 Å². The summed E-state index contributed by atoms with van der Waals surface area (Å²) in [7, 11) is 0. The van der Waals surface area contributed by atoms with Crippen LogP contribution < -0.4 is 5.32 Å². The Hall–Kier alpha value is -2.01. The van der Waals surface area contributed by atoms with E-state index in [0.717, 1.165) is 32.5 Å². The SMILES string of the molecule is Cc1ccc(CNc2ccnc3ccc(Br)cc23)nn1. The van der Waals surface area contributed by atoms with Gasteiger partial charge >= 0.3 is 0 Å². The van der Waals surface area contributed by atoms with E-state index in [-0.39, 0.29) is 0 Å². The molecule has 0 unspecified atom stereocenters. The van der Waals surface area contributed by atoms with Crippen molar-refractivity contribution in [3.8, 4) is 0 Å². The van der Waals surface area contributed by atoms with Crippen LogP contribution in [0.3, 0.4) is 0 Å². The minimum atomic E-state index is 0.638. The van der Waals surface area contributed by atoms with Gasteiger partial charge in [-0.3, -0.25) is 4.98 Å². The summed E-state index contributed by atoms with van der Waals surface area (Å²) in [6.07, 6.45) is 1.80. The fraction of sp³-hybridized carbons (Fsp3) is 0.133. The van der Waals surface area contributed by atoms with Crippen molar-refractivity contribution in [1.29, 1.82) is 0 Å². The molecule has 3 rings (SSSR count). The van der Waals surface area contributed by atoms with Gasteiger partial charge in [-0.15, -0.1) is 0 Å². The molecule has 0 aliphatic carbocycles. The third-order valence-electron chi connectivity index (χ3n) is 3.02. The van der Waals surface area contributed by atoms with Crippen LogP contribution in [0.4, 0.5) is 5.69 Å². The van der Waals surface area contributed by atoms with Crippen molar-refractivity contribution in [2.45, 2.75) is 13.5 Å². The summed E-state index contributed by atoms with van der Waals surface area (Å²) < 4.78 is 1.04. The summed E-state index contributed by atoms with van der Waals surface area (Å²) in [5, 5.41) is 12.7. The van der Waals surface area contributed by atoms with Gasteiger partial charge in [-0.1, -0.05) is 15.9 Å². The van der Waals surface area contributed by atoms with Crippen molar-refractivity contribution in [1.82, 2.24) is 15.2 Å². The standard InChI is InChI=1S/C15H13BrN4/c1-10-2-4-12(20-19-10)9-18-15-6-7-17-14-5-3-11(16)8-13(14)15/h2-8H,9H2,1H3,(H,17,18). The molecule has 2 aromatic heterocycles. The number of benzene rings is 1. The molecule has 0 aliphatic heterocycles. The second-order valence-electron chi connectivity index (χ2n) is 4.54. The molecule has 1 aromatic carbocycles. The lowest BCUT2D eigenvalue weighted by molar-refractivity contribution is 0.898. The van der Waals surface area contributed by atoms with Crippen LogP contribution in [-0.2, 0) is 6.54 Å². The molecule has 0 atom stereocenters. The summed E-state index contributed by atoms with van der Waals surface area (Å²) in [6, 6.07) is 12.0. The molecular formula is C15H13BrN4. The van der Waals surface area contributed by atoms with Crippen LogP contribution in [0.1, 0.15) is 11.4 Å². The molecule has 3 aromatic rings. The molecule has 0 spiro atoms. The first kappa shape index (κ1) is 13.0. The van der Waals surface area contributed by atoms with E-state index in [1.54, 1.807) is 6.20 Å². The van der Waals surface area contributed by atoms with Gasteiger partial charge in [-0.05, 0) is 43.3 Å². The largest absolute Gasteiger partial charge is 0.379 e. The van der Waals surface area contributed by atoms with Gasteiger partial charge in [0.1, 0.15) is 0 Å². The number of hydrogen-bond acceptors (Lipinski definition) is 4. The molecule has 0 amide bonds. The van der Waals surface area contributed by atoms with E-state index in [2.05, 4.69) is 42.5 Å². The van der Waals surface area contributed by atoms with E-state index >= 15 is 0 Å². The topological polar surface area (TPSA) is 50.7 Å². The zero-order chi connectivity index (χ0) is 13.9. The highest BCUT2D eigenvalue weighted by molar-refractivity contribution is 9.10. The van der Waals surface area contributed by atoms with E-state index in [4.69, 9.17) is 0 Å². The predicted molar refractivity (Wildman–Crippen MR) is 83.5 cm³/mol. The molecule has 0 saturated heterocycles. The molecule has 0 bridgehead atoms. The number of hydrogen-bond donors (Lipinski definition) is 1. The lowest BCUT2D eigenvalue weighted by atomic mass is 10.2. The number of nitrogens with one attached hydrogen (secondary N) is 1. The number of anilines is 1. The number of aromatic nitrogens is 3. The monoisotopic (exact) mass is 328 g/mol. The second kappa shape index (κ2) is 5.54. The van der Waals surface area contributed by atoms with Crippen LogP contribution in [0.15, 0.2) is 47.1 Å². The quantitative estimate of drug-likeness (QED) is 0.796. The highest BCUT2D eigenvalue weighted by atomic mass is 79.9. The first-order valence-electron chi connectivity index (χ1n) is 6.30. The van der Waals surface area contributed by atoms with Crippen molar-refractivity contribution in [3.63, 3.8) is 0 Å². The number of pyridine rings is 1. The smallest absolute Gasteiger partial charge is 0.0822 e. The maximum absolute atomic E-state index is 4.36. The fourth-order valence-corrected chi connectivity index (χ4v) is 2.34. The number of aryl methyl sites for hydroxylation is 1. The molecule has 4 nitrogen and oxygen atoms in total. The van der Waals surface area contributed by atoms with E-state index in [9.17, 15) is 0 Å². The molecule has 0 aliphatic rings. The van der Waals surface area contributed by atoms with Crippen LogP contribution in [0.5, 0.6) is 0 Å². The Balaban J connectivity index is 1.87. The van der Waals surface area contributed by atoms with Gasteiger partial charge in [-0.25, -0.2) is 0 Å². The molecule has 100 valence electrons. The number of halogens is 1. The zero-order valence-corrected chi connectivity index (χ0v) is 12.6. The molecule has 2 heterocycles. The normalized spacial score (nSPS) is 10.7. The van der Waals surface area contributed by atoms with Crippen LogP contribution in [0.25, 0.3) is 10.9 Å². The summed E-state index contributed by atoms with van der Waals surface area (Å²) in [4.78, 5) is 4.36. The highest BCUT2D eigenvalue weighted by Crippen LogP contribution is 2.25. The van der Waals surface area contributed by atoms with Crippen molar-refractivity contribution in [2.24, 2.45) is 0 Å². The average molecular weight is 329 g/mol. The molecular weight excluding hydrogens is 316 g/mol. The van der Waals surface area contributed by atoms with E-state index in [0.29, 0.717) is 6.54 Å². The Labute approximate surface area is 125 Å². The van der Waals surface area contributed by atoms with Gasteiger partial charge in [0.25, 0.3) is 0 Å². The van der Waals surface area contributed by atoms with Crippen molar-refractivity contribution >= 4 is 32.5 Å². The van der Waals surface area contributed by atoms with Gasteiger partial charge < -0.3 is 5.32 Å². The van der Waals surface area contributed by atoms with E-state index in [1.807, 2.05) is 37.3 Å². The molecule has 0 fully saturated rings. The molecule has 0 radical (unpaired) electrons. The first-order chi connectivity index (χ1) is 9.72. The second-order valence-corrected chi connectivity index (χ2v) is 5.46. The summed E-state index contributed by atoms with van der Waals surface area (Å²) >= 11 is 3.49. The van der Waals surface area contributed by atoms with Crippen molar-refractivity contribution < 1.29 is 0 Å². The Kier molecular flexibility index (Phi) is 3.60. The molecule has 5 heteroatoms. The average Bonchev–Trinajstić information content (AvgIpc) is 2.47. The Morgan fingerprint density at radius 1 is 1.10 bits per heavy atom. The van der Waals surface area contributed by atoms with Crippen LogP contribution in [0.2, 0.25) is 0 Å². The van der Waals surface area contributed by atoms with Crippen LogP contribution >= 0.6 is 15.9 Å². The van der Waals surface area contributed by atoms with E-state index in [1.165, 1.54) is 0 Å². The Morgan fingerprint density at radius 2 is 2.00 bits per heavy atom. The van der Waals surface area contributed by atoms with Gasteiger partial charge in [0.05, 0.1) is 23.4 Å². The number of nitrogens with zero attached hydrogens (tertiary/aromatic N) is 3. The third-order valence-corrected chi connectivity index (χ3v) is 3.51. The fourth-order valence-electron chi connectivity index (χ4n) is 1.98. The Bertz CT molecular complexity index is 740. The maximum atomic E-state index is 4.36. The van der Waals surface area contributed by atoms with Gasteiger partial charge in [0.15, 0.2) is 0 Å². The van der Waals surface area contributed by atoms with Crippen molar-refractivity contribution in [3.05, 3.63) is 58.5 Å². The van der Waals surface area contributed by atoms with Crippen molar-refractivity contribution in [2.75, 3.05) is 5.32 Å². The predicted octanol–water partition coefficient (Wildman–Crippen LogP) is 3.71. The van der Waals surface area contributed by atoms with Gasteiger partial charge in [0.2, 0.25) is 0 Å². The lowest BCUT2D eigenvalue weighted by Crippen LogP contribution is -2.03. The minimum absolute atomic E-state index is 0.638. The summed E-state index contributed by atoms with van der Waals surface area (Å²) in [5.74, 6) is 0. The molecule has 0 saturated carbocycles. The zero-order valence-electron chi connectivity index (χ0n) is 11.0. The van der Waals surface area contributed by atoms with E-state index < -0.39 is 0 Å². The maximum Gasteiger partial charge on any atom is 0.0822 e. The first-order valence-corrected chi connectivity index (χ1v) is 7.09. The summed E-state index contributed by atoms with van der Waals surface area (Å²) in [6.45, 7) is 2.57. The lowest BCUT2D eigenvalue weighted by Gasteiger charge is -2.09. The van der Waals surface area contributed by atoms with Gasteiger partial charge in [-0.2, -0.15) is 10.2 Å². The third kappa shape index (κ3) is 2.77. The number of fused-ring (bicyclic) bond motifs is 1. The van der Waals surface area contributed by atoms with Crippen LogP contribution in [-0.4, -0.2) is 15.2 Å². The Morgan fingerprint density at radius 3 is 2.80 bits per heavy atom. The number of rotatable bonds is 3. The molecule has 1 N–H and O–H groups in total. The highest BCUT2D eigenvalue weighted by Gasteiger charge is 2.03.